The van der Waals surface area contributed by atoms with Gasteiger partial charge in [-0.3, -0.25) is 0 Å². The second-order valence-electron chi connectivity index (χ2n) is 4.47. The molecule has 118 valence electrons. The average molecular weight is 374 g/mol. The summed E-state index contributed by atoms with van der Waals surface area (Å²) in [6, 6.07) is 9.40. The molecule has 0 saturated heterocycles. The van der Waals surface area contributed by atoms with Gasteiger partial charge in [-0.2, -0.15) is 0 Å². The lowest BCUT2D eigenvalue weighted by atomic mass is 10.2. The highest BCUT2D eigenvalue weighted by Crippen LogP contribution is 2.31. The van der Waals surface area contributed by atoms with Gasteiger partial charge < -0.3 is 9.15 Å². The summed E-state index contributed by atoms with van der Waals surface area (Å²) in [5, 5.41) is 8.25. The molecule has 0 aliphatic heterocycles. The lowest BCUT2D eigenvalue weighted by Gasteiger charge is -2.04. The maximum absolute atomic E-state index is 13.5. The molecule has 0 aliphatic rings. The second kappa shape index (κ2) is 6.74. The Hall–Kier alpha value is -1.82. The molecule has 2 aromatic carbocycles. The fourth-order valence-electron chi connectivity index (χ4n) is 1.81. The first-order chi connectivity index (χ1) is 11.0. The summed E-state index contributed by atoms with van der Waals surface area (Å²) in [7, 11) is 0. The molecule has 1 aromatic heterocycles. The van der Waals surface area contributed by atoms with Crippen LogP contribution in [0.2, 0.25) is 15.1 Å². The van der Waals surface area contributed by atoms with E-state index in [1.165, 1.54) is 6.07 Å². The number of aromatic nitrogens is 2. The first-order valence-corrected chi connectivity index (χ1v) is 7.52. The smallest absolute Gasteiger partial charge is 0.254 e. The van der Waals surface area contributed by atoms with Gasteiger partial charge in [-0.05, 0) is 24.3 Å². The predicted molar refractivity (Wildman–Crippen MR) is 85.5 cm³/mol. The molecule has 4 nitrogen and oxygen atoms in total. The molecule has 0 amide bonds. The van der Waals surface area contributed by atoms with Gasteiger partial charge in [-0.1, -0.05) is 46.9 Å². The maximum atomic E-state index is 13.5. The Bertz CT molecular complexity index is 854. The van der Waals surface area contributed by atoms with Crippen LogP contribution in [0.5, 0.6) is 5.75 Å². The molecule has 0 spiro atoms. The van der Waals surface area contributed by atoms with Crippen molar-refractivity contribution in [3.8, 4) is 17.2 Å². The Morgan fingerprint density at radius 3 is 2.57 bits per heavy atom. The number of nitrogens with zero attached hydrogens (tertiary/aromatic N) is 2. The van der Waals surface area contributed by atoms with Gasteiger partial charge in [0.05, 0.1) is 20.6 Å². The molecule has 1 heterocycles. The van der Waals surface area contributed by atoms with E-state index in [-0.39, 0.29) is 34.0 Å². The van der Waals surface area contributed by atoms with Crippen molar-refractivity contribution >= 4 is 34.8 Å². The normalized spacial score (nSPS) is 10.8. The Labute approximate surface area is 145 Å². The zero-order chi connectivity index (χ0) is 16.4. The highest BCUT2D eigenvalue weighted by Gasteiger charge is 2.15. The van der Waals surface area contributed by atoms with E-state index in [1.54, 1.807) is 24.3 Å². The number of halogens is 4. The summed E-state index contributed by atoms with van der Waals surface area (Å²) in [5.74, 6) is 0.136. The van der Waals surface area contributed by atoms with Gasteiger partial charge in [0, 0.05) is 0 Å². The van der Waals surface area contributed by atoms with Gasteiger partial charge in [0.2, 0.25) is 5.89 Å². The van der Waals surface area contributed by atoms with Crippen molar-refractivity contribution in [3.63, 3.8) is 0 Å². The van der Waals surface area contributed by atoms with E-state index in [4.69, 9.17) is 44.0 Å². The summed E-state index contributed by atoms with van der Waals surface area (Å²) in [6.45, 7) is 0.0183. The molecule has 0 N–H and O–H groups in total. The first-order valence-electron chi connectivity index (χ1n) is 6.39. The zero-order valence-corrected chi connectivity index (χ0v) is 13.7. The molecule has 3 aromatic rings. The van der Waals surface area contributed by atoms with Crippen molar-refractivity contribution in [1.29, 1.82) is 0 Å². The lowest BCUT2D eigenvalue weighted by Crippen LogP contribution is -1.96. The molecule has 3 rings (SSSR count). The summed E-state index contributed by atoms with van der Waals surface area (Å²) in [6.07, 6.45) is 0. The van der Waals surface area contributed by atoms with Gasteiger partial charge in [0.25, 0.3) is 5.89 Å². The van der Waals surface area contributed by atoms with Crippen LogP contribution in [-0.4, -0.2) is 10.2 Å². The van der Waals surface area contributed by atoms with Crippen molar-refractivity contribution in [2.75, 3.05) is 0 Å². The predicted octanol–water partition coefficient (Wildman–Crippen LogP) is 5.41. The SMILES string of the molecule is Fc1cc(-c2nnc(COc3ccccc3Cl)o2)c(Cl)cc1Cl. The topological polar surface area (TPSA) is 48.2 Å². The van der Waals surface area contributed by atoms with Crippen molar-refractivity contribution in [2.24, 2.45) is 0 Å². The summed E-state index contributed by atoms with van der Waals surface area (Å²) < 4.78 is 24.5. The fraction of sp³-hybridized carbons (Fsp3) is 0.0667. The van der Waals surface area contributed by atoms with Crippen LogP contribution in [0.25, 0.3) is 11.5 Å². The minimum atomic E-state index is -0.627. The number of hydrogen-bond donors (Lipinski definition) is 0. The third-order valence-corrected chi connectivity index (χ3v) is 3.81. The van der Waals surface area contributed by atoms with E-state index >= 15 is 0 Å². The van der Waals surface area contributed by atoms with Crippen LogP contribution >= 0.6 is 34.8 Å². The van der Waals surface area contributed by atoms with E-state index in [1.807, 2.05) is 0 Å². The number of ether oxygens (including phenoxy) is 1. The van der Waals surface area contributed by atoms with Gasteiger partial charge >= 0.3 is 0 Å². The highest BCUT2D eigenvalue weighted by atomic mass is 35.5. The maximum Gasteiger partial charge on any atom is 0.254 e. The number of rotatable bonds is 4. The van der Waals surface area contributed by atoms with Gasteiger partial charge in [0.15, 0.2) is 6.61 Å². The monoisotopic (exact) mass is 372 g/mol. The first kappa shape index (κ1) is 16.1. The number of benzene rings is 2. The van der Waals surface area contributed by atoms with E-state index in [0.29, 0.717) is 10.8 Å². The van der Waals surface area contributed by atoms with E-state index in [0.717, 1.165) is 6.07 Å². The molecular formula is C15H8Cl3FN2O2. The third kappa shape index (κ3) is 3.58. The van der Waals surface area contributed by atoms with E-state index in [2.05, 4.69) is 10.2 Å². The summed E-state index contributed by atoms with van der Waals surface area (Å²) >= 11 is 17.6. The van der Waals surface area contributed by atoms with E-state index < -0.39 is 5.82 Å². The van der Waals surface area contributed by atoms with Gasteiger partial charge in [-0.25, -0.2) is 4.39 Å². The molecule has 0 bridgehead atoms. The molecule has 0 radical (unpaired) electrons. The Morgan fingerprint density at radius 1 is 1.00 bits per heavy atom. The standard InChI is InChI=1S/C15H8Cl3FN2O2/c16-9-3-1-2-4-13(9)22-7-14-20-21-15(23-14)8-5-12(19)11(18)6-10(8)17/h1-6H,7H2. The van der Waals surface area contributed by atoms with Crippen LogP contribution in [-0.2, 0) is 6.61 Å². The number of hydrogen-bond acceptors (Lipinski definition) is 4. The minimum Gasteiger partial charge on any atom is -0.482 e. The van der Waals surface area contributed by atoms with Crippen molar-refractivity contribution in [2.45, 2.75) is 6.61 Å². The Balaban J connectivity index is 1.79. The largest absolute Gasteiger partial charge is 0.482 e. The third-order valence-electron chi connectivity index (χ3n) is 2.90. The lowest BCUT2D eigenvalue weighted by molar-refractivity contribution is 0.264. The van der Waals surface area contributed by atoms with Crippen LogP contribution in [0.1, 0.15) is 5.89 Å². The molecular weight excluding hydrogens is 366 g/mol. The molecule has 0 saturated carbocycles. The second-order valence-corrected chi connectivity index (χ2v) is 5.69. The average Bonchev–Trinajstić information content (AvgIpc) is 2.99. The Morgan fingerprint density at radius 2 is 1.78 bits per heavy atom. The van der Waals surface area contributed by atoms with Crippen molar-refractivity contribution in [3.05, 3.63) is 63.2 Å². The summed E-state index contributed by atoms with van der Waals surface area (Å²) in [4.78, 5) is 0. The molecule has 0 unspecified atom stereocenters. The number of para-hydroxylation sites is 1. The van der Waals surface area contributed by atoms with Crippen LogP contribution in [0, 0.1) is 5.82 Å². The van der Waals surface area contributed by atoms with Crippen LogP contribution in [0.15, 0.2) is 40.8 Å². The minimum absolute atomic E-state index is 0.0183. The molecule has 8 heteroatoms. The molecule has 23 heavy (non-hydrogen) atoms. The quantitative estimate of drug-likeness (QED) is 0.573. The van der Waals surface area contributed by atoms with E-state index in [9.17, 15) is 4.39 Å². The molecule has 0 aliphatic carbocycles. The van der Waals surface area contributed by atoms with Crippen molar-refractivity contribution in [1.82, 2.24) is 10.2 Å². The fourth-order valence-corrected chi connectivity index (χ4v) is 2.46. The summed E-state index contributed by atoms with van der Waals surface area (Å²) in [5.41, 5.74) is 0.255. The van der Waals surface area contributed by atoms with Crippen LogP contribution in [0.3, 0.4) is 0 Å². The van der Waals surface area contributed by atoms with Crippen molar-refractivity contribution < 1.29 is 13.5 Å². The Kier molecular flexibility index (Phi) is 4.71. The van der Waals surface area contributed by atoms with Crippen LogP contribution < -0.4 is 4.74 Å². The molecule has 0 fully saturated rings. The molecule has 0 atom stereocenters. The van der Waals surface area contributed by atoms with Crippen LogP contribution in [0.4, 0.5) is 4.39 Å². The zero-order valence-electron chi connectivity index (χ0n) is 11.4. The van der Waals surface area contributed by atoms with Gasteiger partial charge in [-0.15, -0.1) is 10.2 Å². The van der Waals surface area contributed by atoms with Gasteiger partial charge in [0.1, 0.15) is 11.6 Å². The highest BCUT2D eigenvalue weighted by molar-refractivity contribution is 6.36.